The highest BCUT2D eigenvalue weighted by molar-refractivity contribution is 7.12. The van der Waals surface area contributed by atoms with Crippen molar-refractivity contribution in [1.29, 1.82) is 0 Å². The smallest absolute Gasteiger partial charge is 0.336 e. The summed E-state index contributed by atoms with van der Waals surface area (Å²) >= 11 is 1.65. The summed E-state index contributed by atoms with van der Waals surface area (Å²) in [5.74, 6) is -0.660. The third-order valence-corrected chi connectivity index (χ3v) is 7.53. The minimum absolute atomic E-state index is 0.117. The topological polar surface area (TPSA) is 73.2 Å². The Hall–Kier alpha value is -3.19. The number of fused-ring (bicyclic) bond motifs is 1. The van der Waals surface area contributed by atoms with Crippen LogP contribution in [0.3, 0.4) is 0 Å². The van der Waals surface area contributed by atoms with E-state index in [-0.39, 0.29) is 11.7 Å². The van der Waals surface area contributed by atoms with Crippen LogP contribution < -0.4 is 5.32 Å². The molecule has 0 unspecified atom stereocenters. The largest absolute Gasteiger partial charge is 0.466 e. The lowest BCUT2D eigenvalue weighted by Gasteiger charge is -2.33. The summed E-state index contributed by atoms with van der Waals surface area (Å²) in [4.78, 5) is 32.4. The predicted molar refractivity (Wildman–Crippen MR) is 124 cm³/mol. The monoisotopic (exact) mass is 447 g/mol. The number of benzene rings is 1. The molecule has 1 N–H and O–H groups in total. The Balaban J connectivity index is 1.59. The molecule has 0 fully saturated rings. The first-order valence-corrected chi connectivity index (χ1v) is 11.6. The zero-order chi connectivity index (χ0) is 22.4. The summed E-state index contributed by atoms with van der Waals surface area (Å²) in [5.41, 5.74) is 6.19. The summed E-state index contributed by atoms with van der Waals surface area (Å²) in [6.07, 6.45) is 4.03. The molecule has 0 bridgehead atoms. The maximum Gasteiger partial charge on any atom is 0.336 e. The van der Waals surface area contributed by atoms with Crippen molar-refractivity contribution in [2.75, 3.05) is 7.11 Å². The molecule has 0 saturated carbocycles. The Labute approximate surface area is 190 Å². The number of methoxy groups -OCH3 is 1. The fourth-order valence-electron chi connectivity index (χ4n) is 4.81. The first-order chi connectivity index (χ1) is 15.5. The first kappa shape index (κ1) is 20.7. The van der Waals surface area contributed by atoms with E-state index in [1.165, 1.54) is 17.6 Å². The number of ketones is 1. The van der Waals surface area contributed by atoms with Gasteiger partial charge in [0.15, 0.2) is 5.78 Å². The second kappa shape index (κ2) is 8.06. The van der Waals surface area contributed by atoms with E-state index in [0.29, 0.717) is 18.5 Å². The maximum absolute atomic E-state index is 13.0. The fourth-order valence-corrected chi connectivity index (χ4v) is 5.98. The SMILES string of the molecule is COC(=O)C1=C(C)NC2=C(C(=O)CCC2)[C@H]1c1cc(Cn2cnc3ccccc32)c(C)s1. The Morgan fingerprint density at radius 3 is 2.91 bits per heavy atom. The molecule has 1 atom stereocenters. The molecule has 3 heterocycles. The molecule has 0 spiro atoms. The van der Waals surface area contributed by atoms with Gasteiger partial charge < -0.3 is 14.6 Å². The lowest BCUT2D eigenvalue weighted by atomic mass is 9.78. The standard InChI is InChI=1S/C25H25N3O3S/c1-14-22(25(30)31-3)24(23-18(27-14)8-6-10-20(23)29)21-11-16(15(2)32-21)12-28-13-26-17-7-4-5-9-19(17)28/h4-5,7,9,11,13,24,27H,6,8,10,12H2,1-3H3/t24-/m0/s1. The van der Waals surface area contributed by atoms with Crippen molar-refractivity contribution >= 4 is 34.1 Å². The summed E-state index contributed by atoms with van der Waals surface area (Å²) in [5, 5.41) is 3.32. The molecule has 5 rings (SSSR count). The maximum atomic E-state index is 13.0. The predicted octanol–water partition coefficient (Wildman–Crippen LogP) is 4.60. The number of dihydropyridines is 1. The van der Waals surface area contributed by atoms with Gasteiger partial charge in [0.05, 0.1) is 42.5 Å². The van der Waals surface area contributed by atoms with Gasteiger partial charge >= 0.3 is 5.97 Å². The van der Waals surface area contributed by atoms with Crippen LogP contribution in [0.15, 0.2) is 59.2 Å². The van der Waals surface area contributed by atoms with E-state index in [0.717, 1.165) is 45.7 Å². The molecule has 164 valence electrons. The van der Waals surface area contributed by atoms with Crippen LogP contribution in [0.4, 0.5) is 0 Å². The van der Waals surface area contributed by atoms with Crippen molar-refractivity contribution in [3.63, 3.8) is 0 Å². The molecular weight excluding hydrogens is 422 g/mol. The summed E-state index contributed by atoms with van der Waals surface area (Å²) in [7, 11) is 1.39. The highest BCUT2D eigenvalue weighted by Crippen LogP contribution is 2.45. The van der Waals surface area contributed by atoms with Crippen molar-refractivity contribution in [2.24, 2.45) is 0 Å². The number of rotatable bonds is 4. The number of carbonyl (C=O) groups is 2. The molecule has 6 nitrogen and oxygen atoms in total. The average molecular weight is 448 g/mol. The van der Waals surface area contributed by atoms with E-state index in [4.69, 9.17) is 4.74 Å². The van der Waals surface area contributed by atoms with E-state index in [2.05, 4.69) is 33.9 Å². The van der Waals surface area contributed by atoms with E-state index in [1.807, 2.05) is 31.5 Å². The van der Waals surface area contributed by atoms with Crippen molar-refractivity contribution in [2.45, 2.75) is 45.6 Å². The Bertz CT molecular complexity index is 1310. The Kier molecular flexibility index (Phi) is 5.21. The van der Waals surface area contributed by atoms with Gasteiger partial charge in [-0.3, -0.25) is 4.79 Å². The van der Waals surface area contributed by atoms with E-state index in [1.54, 1.807) is 11.3 Å². The molecule has 0 radical (unpaired) electrons. The minimum atomic E-state index is -0.391. The molecule has 2 aromatic heterocycles. The van der Waals surface area contributed by atoms with E-state index in [9.17, 15) is 9.59 Å². The number of para-hydroxylation sites is 2. The number of thiophene rings is 1. The van der Waals surface area contributed by atoms with Gasteiger partial charge in [-0.25, -0.2) is 9.78 Å². The number of Topliss-reactive ketones (excluding diaryl/α,β-unsaturated/α-hetero) is 1. The minimum Gasteiger partial charge on any atom is -0.466 e. The van der Waals surface area contributed by atoms with Crippen molar-refractivity contribution in [1.82, 2.24) is 14.9 Å². The van der Waals surface area contributed by atoms with Crippen LogP contribution in [0.2, 0.25) is 0 Å². The molecule has 3 aromatic rings. The number of hydrogen-bond acceptors (Lipinski definition) is 6. The van der Waals surface area contributed by atoms with E-state index < -0.39 is 5.97 Å². The van der Waals surface area contributed by atoms with Gasteiger partial charge in [0.2, 0.25) is 0 Å². The quantitative estimate of drug-likeness (QED) is 0.592. The molecule has 1 aliphatic heterocycles. The number of ether oxygens (including phenoxy) is 1. The van der Waals surface area contributed by atoms with Gasteiger partial charge in [0.25, 0.3) is 0 Å². The van der Waals surface area contributed by atoms with Gasteiger partial charge in [-0.2, -0.15) is 0 Å². The molecular formula is C25H25N3O3S. The van der Waals surface area contributed by atoms with Gasteiger partial charge in [0, 0.05) is 33.1 Å². The van der Waals surface area contributed by atoms with Crippen LogP contribution in [0.25, 0.3) is 11.0 Å². The van der Waals surface area contributed by atoms with Gasteiger partial charge in [-0.15, -0.1) is 11.3 Å². The number of esters is 1. The van der Waals surface area contributed by atoms with Crippen LogP contribution in [0.1, 0.15) is 47.4 Å². The van der Waals surface area contributed by atoms with Crippen LogP contribution in [0.5, 0.6) is 0 Å². The summed E-state index contributed by atoms with van der Waals surface area (Å²) < 4.78 is 7.25. The summed E-state index contributed by atoms with van der Waals surface area (Å²) in [6.45, 7) is 4.67. The molecule has 7 heteroatoms. The number of hydrogen-bond donors (Lipinski definition) is 1. The first-order valence-electron chi connectivity index (χ1n) is 10.8. The molecule has 0 saturated heterocycles. The number of aromatic nitrogens is 2. The Morgan fingerprint density at radius 2 is 2.09 bits per heavy atom. The number of aryl methyl sites for hydroxylation is 1. The van der Waals surface area contributed by atoms with Crippen LogP contribution in [-0.2, 0) is 20.9 Å². The highest BCUT2D eigenvalue weighted by atomic mass is 32.1. The van der Waals surface area contributed by atoms with Crippen molar-refractivity contribution in [3.8, 4) is 0 Å². The molecule has 32 heavy (non-hydrogen) atoms. The lowest BCUT2D eigenvalue weighted by Crippen LogP contribution is -2.33. The molecule has 1 aliphatic carbocycles. The average Bonchev–Trinajstić information content (AvgIpc) is 3.36. The number of allylic oxidation sites excluding steroid dienone is 3. The van der Waals surface area contributed by atoms with Crippen LogP contribution >= 0.6 is 11.3 Å². The van der Waals surface area contributed by atoms with Crippen LogP contribution in [0, 0.1) is 6.92 Å². The Morgan fingerprint density at radius 1 is 1.28 bits per heavy atom. The third-order valence-electron chi connectivity index (χ3n) is 6.37. The zero-order valence-corrected chi connectivity index (χ0v) is 19.2. The van der Waals surface area contributed by atoms with Gasteiger partial charge in [-0.05, 0) is 50.5 Å². The van der Waals surface area contributed by atoms with E-state index >= 15 is 0 Å². The van der Waals surface area contributed by atoms with Crippen molar-refractivity contribution < 1.29 is 14.3 Å². The molecule has 1 aromatic carbocycles. The van der Waals surface area contributed by atoms with Gasteiger partial charge in [0.1, 0.15) is 0 Å². The second-order valence-electron chi connectivity index (χ2n) is 8.35. The zero-order valence-electron chi connectivity index (χ0n) is 18.4. The molecule has 2 aliphatic rings. The lowest BCUT2D eigenvalue weighted by molar-refractivity contribution is -0.136. The molecule has 0 amide bonds. The van der Waals surface area contributed by atoms with Gasteiger partial charge in [-0.1, -0.05) is 12.1 Å². The highest BCUT2D eigenvalue weighted by Gasteiger charge is 2.39. The normalized spacial score (nSPS) is 18.7. The van der Waals surface area contributed by atoms with Crippen molar-refractivity contribution in [3.05, 3.63) is 74.5 Å². The number of nitrogens with zero attached hydrogens (tertiary/aromatic N) is 2. The van der Waals surface area contributed by atoms with Crippen LogP contribution in [-0.4, -0.2) is 28.4 Å². The number of carbonyl (C=O) groups excluding carboxylic acids is 2. The third kappa shape index (κ3) is 3.37. The second-order valence-corrected chi connectivity index (χ2v) is 9.64. The number of imidazole rings is 1. The summed E-state index contributed by atoms with van der Waals surface area (Å²) in [6, 6.07) is 10.2. The fraction of sp³-hybridized carbons (Fsp3) is 0.320. The number of nitrogens with one attached hydrogen (secondary N) is 1.